The van der Waals surface area contributed by atoms with Gasteiger partial charge in [0, 0.05) is 53.7 Å². The lowest BCUT2D eigenvalue weighted by molar-refractivity contribution is -0.158. The fourth-order valence-electron chi connectivity index (χ4n) is 7.31. The smallest absolute Gasteiger partial charge is 0.353 e. The van der Waals surface area contributed by atoms with Gasteiger partial charge in [-0.25, -0.2) is 18.3 Å². The van der Waals surface area contributed by atoms with Gasteiger partial charge >= 0.3 is 5.97 Å². The first-order chi connectivity index (χ1) is 20.4. The molecule has 4 N–H and O–H groups in total. The number of aliphatic carboxylic acids is 1. The molecule has 4 saturated heterocycles. The summed E-state index contributed by atoms with van der Waals surface area (Å²) < 4.78 is 28.9. The van der Waals surface area contributed by atoms with Crippen LogP contribution in [0, 0.1) is 11.8 Å². The molecule has 1 aromatic heterocycles. The Morgan fingerprint density at radius 1 is 1.28 bits per heavy atom. The number of carboxylic acids is 1. The molecule has 0 unspecified atom stereocenters. The van der Waals surface area contributed by atoms with Crippen LogP contribution in [-0.2, 0) is 25.7 Å². The average molecular weight is 624 g/mol. The van der Waals surface area contributed by atoms with Crippen LogP contribution in [0.15, 0.2) is 16.9 Å². The van der Waals surface area contributed by atoms with Crippen molar-refractivity contribution < 1.29 is 33.1 Å². The van der Waals surface area contributed by atoms with Crippen molar-refractivity contribution in [2.24, 2.45) is 11.8 Å². The van der Waals surface area contributed by atoms with E-state index in [0.29, 0.717) is 43.8 Å². The number of carbonyl (C=O) groups is 4. The zero-order valence-electron chi connectivity index (χ0n) is 23.8. The number of β-lactam (4-membered cyclic amide) rings is 1. The van der Waals surface area contributed by atoms with E-state index in [1.54, 1.807) is 11.8 Å². The fourth-order valence-corrected chi connectivity index (χ4v) is 8.79. The maximum Gasteiger partial charge on any atom is 0.353 e. The van der Waals surface area contributed by atoms with Crippen molar-refractivity contribution in [2.75, 3.05) is 26.2 Å². The van der Waals surface area contributed by atoms with E-state index in [0.717, 1.165) is 0 Å². The Morgan fingerprint density at radius 2 is 2.02 bits per heavy atom. The highest BCUT2D eigenvalue weighted by molar-refractivity contribution is 8.03. The Bertz CT molecular complexity index is 1340. The number of nitrogens with one attached hydrogen (secondary N) is 3. The van der Waals surface area contributed by atoms with Crippen molar-refractivity contribution in [3.8, 4) is 0 Å². The molecule has 1 spiro atoms. The summed E-state index contributed by atoms with van der Waals surface area (Å²) in [5.41, 5.74) is -0.646. The highest BCUT2D eigenvalue weighted by Crippen LogP contribution is 2.52. The van der Waals surface area contributed by atoms with Gasteiger partial charge in [-0.05, 0) is 36.6 Å². The van der Waals surface area contributed by atoms with Crippen LogP contribution in [0.25, 0.3) is 0 Å². The highest BCUT2D eigenvalue weighted by atomic mass is 32.2. The van der Waals surface area contributed by atoms with Gasteiger partial charge in [-0.1, -0.05) is 6.92 Å². The number of hydrogen-bond donors (Lipinski definition) is 4. The van der Waals surface area contributed by atoms with Crippen molar-refractivity contribution in [2.45, 2.75) is 80.9 Å². The Labute approximate surface area is 250 Å². The number of carbonyl (C=O) groups excluding carboxylic acids is 3. The normalized spacial score (nSPS) is 31.7. The third-order valence-corrected chi connectivity index (χ3v) is 11.0. The molecular formula is C26H35F2N9O5S. The first-order valence-electron chi connectivity index (χ1n) is 14.5. The summed E-state index contributed by atoms with van der Waals surface area (Å²) in [6.45, 7) is 4.49. The number of tetrazole rings is 1. The number of rotatable bonds is 8. The van der Waals surface area contributed by atoms with E-state index in [4.69, 9.17) is 0 Å². The molecule has 43 heavy (non-hydrogen) atoms. The van der Waals surface area contributed by atoms with Crippen LogP contribution >= 0.6 is 11.8 Å². The molecule has 0 aromatic carbocycles. The molecule has 0 aliphatic carbocycles. The van der Waals surface area contributed by atoms with Crippen molar-refractivity contribution in [3.63, 3.8) is 0 Å². The van der Waals surface area contributed by atoms with Gasteiger partial charge in [0.2, 0.25) is 17.7 Å². The zero-order chi connectivity index (χ0) is 30.7. The van der Waals surface area contributed by atoms with Gasteiger partial charge in [0.1, 0.15) is 18.6 Å². The van der Waals surface area contributed by atoms with Gasteiger partial charge in [-0.15, -0.1) is 16.9 Å². The second-order valence-corrected chi connectivity index (χ2v) is 13.7. The van der Waals surface area contributed by atoms with Crippen LogP contribution < -0.4 is 16.0 Å². The molecule has 5 aliphatic rings. The van der Waals surface area contributed by atoms with Crippen LogP contribution in [0.4, 0.5) is 8.78 Å². The number of halogens is 2. The number of aromatic nitrogens is 4. The molecular weight excluding hydrogens is 588 g/mol. The van der Waals surface area contributed by atoms with Crippen molar-refractivity contribution in [1.29, 1.82) is 0 Å². The van der Waals surface area contributed by atoms with E-state index in [-0.39, 0.29) is 54.1 Å². The van der Waals surface area contributed by atoms with Crippen molar-refractivity contribution in [3.05, 3.63) is 16.9 Å². The highest BCUT2D eigenvalue weighted by Gasteiger charge is 2.60. The van der Waals surface area contributed by atoms with Gasteiger partial charge in [0.15, 0.2) is 0 Å². The molecule has 1 aromatic rings. The van der Waals surface area contributed by atoms with E-state index in [1.165, 1.54) is 27.7 Å². The number of fused-ring (bicyclic) bond motifs is 1. The van der Waals surface area contributed by atoms with E-state index >= 15 is 0 Å². The van der Waals surface area contributed by atoms with Crippen LogP contribution in [0.3, 0.4) is 0 Å². The molecule has 0 bridgehead atoms. The Morgan fingerprint density at radius 3 is 2.65 bits per heavy atom. The summed E-state index contributed by atoms with van der Waals surface area (Å²) in [6, 6.07) is -1.39. The van der Waals surface area contributed by atoms with E-state index < -0.39 is 41.5 Å². The number of hydrogen-bond acceptors (Lipinski definition) is 10. The van der Waals surface area contributed by atoms with Crippen LogP contribution in [0.1, 0.15) is 39.5 Å². The predicted molar refractivity (Wildman–Crippen MR) is 147 cm³/mol. The van der Waals surface area contributed by atoms with Gasteiger partial charge in [0.05, 0.1) is 24.5 Å². The fraction of sp³-hybridized carbons (Fsp3) is 0.731. The minimum absolute atomic E-state index is 0.0343. The number of carboxylic acid groups (broad SMARTS) is 1. The first-order valence-corrected chi connectivity index (χ1v) is 15.4. The third kappa shape index (κ3) is 5.50. The molecule has 6 atom stereocenters. The zero-order valence-corrected chi connectivity index (χ0v) is 24.6. The Hall–Kier alpha value is -3.18. The lowest BCUT2D eigenvalue weighted by atomic mass is 9.78. The van der Waals surface area contributed by atoms with Crippen LogP contribution in [-0.4, -0.2) is 120 Å². The molecule has 17 heteroatoms. The number of amides is 3. The molecule has 0 saturated carbocycles. The molecule has 14 nitrogen and oxygen atoms in total. The lowest BCUT2D eigenvalue weighted by Gasteiger charge is -2.47. The number of nitrogens with zero attached hydrogens (tertiary/aromatic N) is 6. The minimum atomic E-state index is -2.71. The number of thioether (sulfide) groups is 1. The second kappa shape index (κ2) is 11.1. The van der Waals surface area contributed by atoms with E-state index in [9.17, 15) is 33.1 Å². The maximum atomic E-state index is 13.8. The first kappa shape index (κ1) is 29.9. The second-order valence-electron chi connectivity index (χ2n) is 12.3. The largest absolute Gasteiger partial charge is 0.477 e. The topological polar surface area (TPSA) is 175 Å². The monoisotopic (exact) mass is 623 g/mol. The summed E-state index contributed by atoms with van der Waals surface area (Å²) in [7, 11) is 0. The third-order valence-electron chi connectivity index (χ3n) is 9.45. The van der Waals surface area contributed by atoms with Gasteiger partial charge in [-0.3, -0.25) is 14.4 Å². The summed E-state index contributed by atoms with van der Waals surface area (Å²) >= 11 is 1.39. The van der Waals surface area contributed by atoms with Gasteiger partial charge in [0.25, 0.3) is 5.92 Å². The average Bonchev–Trinajstić information content (AvgIpc) is 3.72. The number of alkyl halides is 2. The molecule has 6 heterocycles. The molecule has 234 valence electrons. The standard InChI is InChI=1S/C26H35F2N9O5S/c1-13-19-18(14(2)32-17(38)9-36-12-31-33-34-36)23(40)37(19)20(24(41)42)21(13)43-15-7-16(29-8-15)22(39)35-5-3-25(4-6-35)10-26(27,28)11-30-25/h12-16,18-19,29-30H,3-11H2,1-2H3,(H,32,38)(H,41,42)/t13-,14-,15+,16+,18-,19-/m1/s1. The quantitative estimate of drug-likeness (QED) is 0.272. The summed E-state index contributed by atoms with van der Waals surface area (Å²) in [5, 5.41) is 29.7. The summed E-state index contributed by atoms with van der Waals surface area (Å²) in [6.07, 6.45) is 2.55. The number of piperidine rings is 1. The summed E-state index contributed by atoms with van der Waals surface area (Å²) in [4.78, 5) is 55.0. The maximum absolute atomic E-state index is 13.8. The van der Waals surface area contributed by atoms with E-state index in [2.05, 4.69) is 31.5 Å². The van der Waals surface area contributed by atoms with Crippen molar-refractivity contribution >= 4 is 35.5 Å². The minimum Gasteiger partial charge on any atom is -0.477 e. The molecule has 3 amide bonds. The van der Waals surface area contributed by atoms with Crippen LogP contribution in [0.5, 0.6) is 0 Å². The van der Waals surface area contributed by atoms with Gasteiger partial charge < -0.3 is 30.9 Å². The predicted octanol–water partition coefficient (Wildman–Crippen LogP) is -0.596. The lowest BCUT2D eigenvalue weighted by Crippen LogP contribution is -2.66. The number of likely N-dealkylation sites (tertiary alicyclic amines) is 1. The SMILES string of the molecule is C[C@@H](NC(=O)Cn1cnnn1)[C@H]1C(=O)N2C(C(=O)O)=C(S[C@@H]3CN[C@H](C(=O)N4CCC5(CC4)CC(F)(F)CN5)C3)[C@H](C)[C@H]12. The van der Waals surface area contributed by atoms with Crippen LogP contribution in [0.2, 0.25) is 0 Å². The molecule has 4 fully saturated rings. The molecule has 5 aliphatic heterocycles. The van der Waals surface area contributed by atoms with E-state index in [1.807, 2.05) is 6.92 Å². The summed E-state index contributed by atoms with van der Waals surface area (Å²) in [5.74, 6) is -5.56. The Kier molecular flexibility index (Phi) is 7.69. The van der Waals surface area contributed by atoms with Crippen molar-refractivity contribution in [1.82, 2.24) is 46.0 Å². The van der Waals surface area contributed by atoms with Gasteiger partial charge in [-0.2, -0.15) is 0 Å². The Balaban J connectivity index is 1.05. The molecule has 6 rings (SSSR count). The molecule has 0 radical (unpaired) electrons.